The van der Waals surface area contributed by atoms with Crippen molar-refractivity contribution in [2.45, 2.75) is 38.1 Å². The van der Waals surface area contributed by atoms with Crippen LogP contribution < -0.4 is 10.6 Å². The van der Waals surface area contributed by atoms with E-state index in [4.69, 9.17) is 16.6 Å². The highest BCUT2D eigenvalue weighted by atomic mass is 35.5. The first-order chi connectivity index (χ1) is 13.3. The Kier molecular flexibility index (Phi) is 5.49. The Morgan fingerprint density at radius 2 is 1.78 bits per heavy atom. The Balaban J connectivity index is 1.64. The first-order valence-electron chi connectivity index (χ1n) is 9.35. The van der Waals surface area contributed by atoms with Crippen LogP contribution >= 0.6 is 11.6 Å². The van der Waals surface area contributed by atoms with Crippen molar-refractivity contribution in [3.05, 3.63) is 59.9 Å². The van der Waals surface area contributed by atoms with Gasteiger partial charge in [-0.1, -0.05) is 30.9 Å². The topological polar surface area (TPSA) is 62.7 Å². The van der Waals surface area contributed by atoms with Gasteiger partial charge in [-0.2, -0.15) is 4.98 Å². The van der Waals surface area contributed by atoms with Gasteiger partial charge in [0.2, 0.25) is 5.95 Å². The average molecular weight is 380 g/mol. The van der Waals surface area contributed by atoms with E-state index in [0.717, 1.165) is 22.8 Å². The van der Waals surface area contributed by atoms with Crippen molar-refractivity contribution < 1.29 is 0 Å². The fourth-order valence-electron chi connectivity index (χ4n) is 3.35. The van der Waals surface area contributed by atoms with E-state index < -0.39 is 0 Å². The van der Waals surface area contributed by atoms with E-state index in [2.05, 4.69) is 20.6 Å². The number of pyridine rings is 1. The second kappa shape index (κ2) is 8.35. The second-order valence-electron chi connectivity index (χ2n) is 6.81. The van der Waals surface area contributed by atoms with Gasteiger partial charge < -0.3 is 10.6 Å². The van der Waals surface area contributed by atoms with Gasteiger partial charge >= 0.3 is 0 Å². The molecule has 0 bridgehead atoms. The summed E-state index contributed by atoms with van der Waals surface area (Å²) in [7, 11) is 0. The van der Waals surface area contributed by atoms with Gasteiger partial charge in [-0.05, 0) is 49.2 Å². The van der Waals surface area contributed by atoms with Gasteiger partial charge in [0.1, 0.15) is 5.82 Å². The molecule has 0 saturated heterocycles. The van der Waals surface area contributed by atoms with E-state index in [1.165, 1.54) is 32.1 Å². The summed E-state index contributed by atoms with van der Waals surface area (Å²) in [6.07, 6.45) is 9.75. The molecule has 0 unspecified atom stereocenters. The van der Waals surface area contributed by atoms with Gasteiger partial charge in [0, 0.05) is 40.8 Å². The molecule has 4 rings (SSSR count). The maximum Gasteiger partial charge on any atom is 0.225 e. The number of hydrogen-bond donors (Lipinski definition) is 2. The molecule has 0 spiro atoms. The molecular formula is C21H22ClN5. The average Bonchev–Trinajstić information content (AvgIpc) is 2.71. The molecule has 0 atom stereocenters. The molecule has 0 aliphatic heterocycles. The molecule has 1 aromatic carbocycles. The summed E-state index contributed by atoms with van der Waals surface area (Å²) in [6.45, 7) is 0. The van der Waals surface area contributed by atoms with Gasteiger partial charge in [0.15, 0.2) is 0 Å². The lowest BCUT2D eigenvalue weighted by Gasteiger charge is -2.23. The van der Waals surface area contributed by atoms with Crippen LogP contribution in [-0.4, -0.2) is 21.0 Å². The molecule has 2 N–H and O–H groups in total. The predicted octanol–water partition coefficient (Wildman–Crippen LogP) is 5.68. The standard InChI is InChI=1S/C21H22ClN5/c22-16-8-10-18(11-9-16)24-20-13-19(15-5-4-12-23-14-15)26-21(27-20)25-17-6-2-1-3-7-17/h4-5,8-14,17H,1-3,6-7H2,(H2,24,25,26,27). The Labute approximate surface area is 164 Å². The molecular weight excluding hydrogens is 358 g/mol. The lowest BCUT2D eigenvalue weighted by Crippen LogP contribution is -2.23. The maximum atomic E-state index is 5.98. The summed E-state index contributed by atoms with van der Waals surface area (Å²) in [6, 6.07) is 13.9. The van der Waals surface area contributed by atoms with Crippen LogP contribution in [0.4, 0.5) is 17.5 Å². The van der Waals surface area contributed by atoms with Crippen LogP contribution in [0.1, 0.15) is 32.1 Å². The number of hydrogen-bond acceptors (Lipinski definition) is 5. The van der Waals surface area contributed by atoms with Crippen LogP contribution in [0.25, 0.3) is 11.3 Å². The van der Waals surface area contributed by atoms with Gasteiger partial charge in [0.25, 0.3) is 0 Å². The van der Waals surface area contributed by atoms with Crippen molar-refractivity contribution in [2.75, 3.05) is 10.6 Å². The molecule has 138 valence electrons. The van der Waals surface area contributed by atoms with E-state index in [0.29, 0.717) is 17.0 Å². The van der Waals surface area contributed by atoms with Gasteiger partial charge in [0.05, 0.1) is 5.69 Å². The molecule has 1 aliphatic carbocycles. The molecule has 27 heavy (non-hydrogen) atoms. The van der Waals surface area contributed by atoms with Crippen molar-refractivity contribution in [2.24, 2.45) is 0 Å². The number of halogens is 1. The fourth-order valence-corrected chi connectivity index (χ4v) is 3.47. The summed E-state index contributed by atoms with van der Waals surface area (Å²) in [5, 5.41) is 7.58. The smallest absolute Gasteiger partial charge is 0.225 e. The van der Waals surface area contributed by atoms with Crippen LogP contribution in [0.3, 0.4) is 0 Å². The SMILES string of the molecule is Clc1ccc(Nc2cc(-c3cccnc3)nc(NC3CCCCC3)n2)cc1. The highest BCUT2D eigenvalue weighted by Gasteiger charge is 2.15. The molecule has 2 heterocycles. The van der Waals surface area contributed by atoms with Crippen LogP contribution in [0.15, 0.2) is 54.9 Å². The Bertz CT molecular complexity index is 877. The number of nitrogens with zero attached hydrogens (tertiary/aromatic N) is 3. The molecule has 0 amide bonds. The Morgan fingerprint density at radius 1 is 0.963 bits per heavy atom. The minimum atomic E-state index is 0.436. The summed E-state index contributed by atoms with van der Waals surface area (Å²) in [5.41, 5.74) is 2.73. The van der Waals surface area contributed by atoms with Crippen molar-refractivity contribution >= 4 is 29.1 Å². The van der Waals surface area contributed by atoms with E-state index in [9.17, 15) is 0 Å². The van der Waals surface area contributed by atoms with E-state index >= 15 is 0 Å². The normalized spacial score (nSPS) is 14.7. The van der Waals surface area contributed by atoms with E-state index in [1.807, 2.05) is 48.7 Å². The number of rotatable bonds is 5. The summed E-state index contributed by atoms with van der Waals surface area (Å²) >= 11 is 5.98. The monoisotopic (exact) mass is 379 g/mol. The minimum absolute atomic E-state index is 0.436. The van der Waals surface area contributed by atoms with Crippen molar-refractivity contribution in [1.82, 2.24) is 15.0 Å². The zero-order valence-electron chi connectivity index (χ0n) is 15.0. The minimum Gasteiger partial charge on any atom is -0.351 e. The van der Waals surface area contributed by atoms with Crippen LogP contribution in [0.5, 0.6) is 0 Å². The largest absolute Gasteiger partial charge is 0.351 e. The number of nitrogens with one attached hydrogen (secondary N) is 2. The summed E-state index contributed by atoms with van der Waals surface area (Å²) in [4.78, 5) is 13.6. The third-order valence-electron chi connectivity index (χ3n) is 4.74. The number of anilines is 3. The van der Waals surface area contributed by atoms with E-state index in [-0.39, 0.29) is 0 Å². The molecule has 2 aromatic heterocycles. The maximum absolute atomic E-state index is 5.98. The lowest BCUT2D eigenvalue weighted by atomic mass is 9.96. The molecule has 6 heteroatoms. The highest BCUT2D eigenvalue weighted by Crippen LogP contribution is 2.26. The van der Waals surface area contributed by atoms with Gasteiger partial charge in [-0.25, -0.2) is 4.98 Å². The zero-order valence-corrected chi connectivity index (χ0v) is 15.8. The van der Waals surface area contributed by atoms with Crippen molar-refractivity contribution in [1.29, 1.82) is 0 Å². The third-order valence-corrected chi connectivity index (χ3v) is 4.99. The van der Waals surface area contributed by atoms with Crippen molar-refractivity contribution in [3.8, 4) is 11.3 Å². The van der Waals surface area contributed by atoms with E-state index in [1.54, 1.807) is 6.20 Å². The lowest BCUT2D eigenvalue weighted by molar-refractivity contribution is 0.461. The fraction of sp³-hybridized carbons (Fsp3) is 0.286. The second-order valence-corrected chi connectivity index (χ2v) is 7.25. The highest BCUT2D eigenvalue weighted by molar-refractivity contribution is 6.30. The number of aromatic nitrogens is 3. The summed E-state index contributed by atoms with van der Waals surface area (Å²) < 4.78 is 0. The first kappa shape index (κ1) is 17.7. The predicted molar refractivity (Wildman–Crippen MR) is 110 cm³/mol. The zero-order chi connectivity index (χ0) is 18.5. The molecule has 1 aliphatic rings. The quantitative estimate of drug-likeness (QED) is 0.597. The molecule has 5 nitrogen and oxygen atoms in total. The third kappa shape index (κ3) is 4.74. The van der Waals surface area contributed by atoms with Crippen LogP contribution in [-0.2, 0) is 0 Å². The molecule has 1 fully saturated rings. The van der Waals surface area contributed by atoms with Crippen molar-refractivity contribution in [3.63, 3.8) is 0 Å². The number of benzene rings is 1. The Morgan fingerprint density at radius 3 is 2.52 bits per heavy atom. The van der Waals surface area contributed by atoms with Gasteiger partial charge in [-0.15, -0.1) is 0 Å². The van der Waals surface area contributed by atoms with Crippen LogP contribution in [0.2, 0.25) is 5.02 Å². The van der Waals surface area contributed by atoms with Gasteiger partial charge in [-0.3, -0.25) is 4.98 Å². The molecule has 1 saturated carbocycles. The molecule has 3 aromatic rings. The molecule has 0 radical (unpaired) electrons. The summed E-state index contributed by atoms with van der Waals surface area (Å²) in [5.74, 6) is 1.39. The Hall–Kier alpha value is -2.66. The first-order valence-corrected chi connectivity index (χ1v) is 9.73. The van der Waals surface area contributed by atoms with Crippen LogP contribution in [0, 0.1) is 0 Å².